The van der Waals surface area contributed by atoms with Gasteiger partial charge in [-0.05, 0) is 86.0 Å². The first-order valence-corrected chi connectivity index (χ1v) is 15.1. The van der Waals surface area contributed by atoms with Crippen molar-refractivity contribution < 1.29 is 31.9 Å². The molecule has 0 spiro atoms. The van der Waals surface area contributed by atoms with Crippen LogP contribution >= 0.6 is 0 Å². The third-order valence-electron chi connectivity index (χ3n) is 6.46. The van der Waals surface area contributed by atoms with E-state index in [-0.39, 0.29) is 29.0 Å². The van der Waals surface area contributed by atoms with E-state index < -0.39 is 34.3 Å². The van der Waals surface area contributed by atoms with E-state index in [0.717, 1.165) is 16.4 Å². The van der Waals surface area contributed by atoms with Crippen LogP contribution in [0.2, 0.25) is 0 Å². The van der Waals surface area contributed by atoms with Gasteiger partial charge >= 0.3 is 0 Å². The molecule has 0 aromatic heterocycles. The zero-order chi connectivity index (χ0) is 30.9. The highest BCUT2D eigenvalue weighted by atomic mass is 32.2. The molecule has 0 heterocycles. The number of sulfonamides is 1. The third kappa shape index (κ3) is 8.45. The van der Waals surface area contributed by atoms with E-state index in [1.165, 1.54) is 48.4 Å². The smallest absolute Gasteiger partial charge is 0.264 e. The molecule has 1 N–H and O–H groups in total. The predicted octanol–water partition coefficient (Wildman–Crippen LogP) is 4.62. The molecule has 0 fully saturated rings. The molecule has 0 unspecified atom stereocenters. The summed E-state index contributed by atoms with van der Waals surface area (Å²) in [5, 5.41) is 2.85. The maximum atomic E-state index is 14.0. The number of ether oxygens (including phenoxy) is 2. The van der Waals surface area contributed by atoms with Crippen LogP contribution < -0.4 is 19.1 Å². The summed E-state index contributed by atoms with van der Waals surface area (Å²) in [5.41, 5.74) is 0.783. The second-order valence-corrected chi connectivity index (χ2v) is 11.9. The van der Waals surface area contributed by atoms with Crippen LogP contribution in [0.1, 0.15) is 33.3 Å². The number of amides is 2. The Kier molecular flexibility index (Phi) is 11.3. The Morgan fingerprint density at radius 1 is 0.952 bits per heavy atom. The van der Waals surface area contributed by atoms with E-state index >= 15 is 0 Å². The number of anilines is 1. The van der Waals surface area contributed by atoms with Crippen molar-refractivity contribution in [2.75, 3.05) is 31.1 Å². The molecule has 42 heavy (non-hydrogen) atoms. The van der Waals surface area contributed by atoms with Gasteiger partial charge in [-0.25, -0.2) is 12.8 Å². The van der Waals surface area contributed by atoms with Crippen molar-refractivity contribution in [3.63, 3.8) is 0 Å². The van der Waals surface area contributed by atoms with Crippen LogP contribution in [0.5, 0.6) is 11.5 Å². The SMILES string of the molecule is CCOc1ccc(S(=O)(=O)N(CC(=O)N(Cc2cccc(OC)c2)[C@@H](C)C(=O)NCC(C)C)c2ccc(F)cc2)cc1. The summed E-state index contributed by atoms with van der Waals surface area (Å²) in [6, 6.07) is 16.8. The van der Waals surface area contributed by atoms with Crippen LogP contribution in [0.25, 0.3) is 0 Å². The average Bonchev–Trinajstić information content (AvgIpc) is 2.98. The molecule has 0 saturated carbocycles. The van der Waals surface area contributed by atoms with Gasteiger partial charge in [0.05, 0.1) is 24.3 Å². The lowest BCUT2D eigenvalue weighted by atomic mass is 10.1. The largest absolute Gasteiger partial charge is 0.497 e. The number of benzene rings is 3. The number of nitrogens with zero attached hydrogens (tertiary/aromatic N) is 2. The van der Waals surface area contributed by atoms with Gasteiger partial charge in [0.1, 0.15) is 29.9 Å². The van der Waals surface area contributed by atoms with E-state index in [1.807, 2.05) is 20.8 Å². The van der Waals surface area contributed by atoms with Gasteiger partial charge in [-0.15, -0.1) is 0 Å². The normalized spacial score (nSPS) is 12.0. The van der Waals surface area contributed by atoms with Gasteiger partial charge in [0.25, 0.3) is 10.0 Å². The molecule has 3 aromatic carbocycles. The van der Waals surface area contributed by atoms with E-state index in [0.29, 0.717) is 30.2 Å². The van der Waals surface area contributed by atoms with Crippen LogP contribution in [0, 0.1) is 11.7 Å². The Bertz CT molecular complexity index is 1450. The molecular formula is C31H38FN3O6S. The Balaban J connectivity index is 2.01. The van der Waals surface area contributed by atoms with Gasteiger partial charge in [-0.2, -0.15) is 0 Å². The minimum atomic E-state index is -4.29. The van der Waals surface area contributed by atoms with Crippen molar-refractivity contribution in [3.8, 4) is 11.5 Å². The molecule has 226 valence electrons. The van der Waals surface area contributed by atoms with Gasteiger partial charge in [-0.1, -0.05) is 26.0 Å². The molecule has 1 atom stereocenters. The highest BCUT2D eigenvalue weighted by Gasteiger charge is 2.32. The lowest BCUT2D eigenvalue weighted by Gasteiger charge is -2.32. The Labute approximate surface area is 247 Å². The quantitative estimate of drug-likeness (QED) is 0.290. The zero-order valence-corrected chi connectivity index (χ0v) is 25.4. The molecule has 0 aliphatic rings. The summed E-state index contributed by atoms with van der Waals surface area (Å²) >= 11 is 0. The zero-order valence-electron chi connectivity index (χ0n) is 24.5. The summed E-state index contributed by atoms with van der Waals surface area (Å²) in [5.74, 6) is -0.295. The van der Waals surface area contributed by atoms with Crippen LogP contribution in [-0.4, -0.2) is 58.0 Å². The highest BCUT2D eigenvalue weighted by molar-refractivity contribution is 7.92. The monoisotopic (exact) mass is 599 g/mol. The Morgan fingerprint density at radius 2 is 1.62 bits per heavy atom. The van der Waals surface area contributed by atoms with E-state index in [1.54, 1.807) is 31.2 Å². The number of halogens is 1. The number of nitrogens with one attached hydrogen (secondary N) is 1. The van der Waals surface area contributed by atoms with Crippen LogP contribution in [-0.2, 0) is 26.2 Å². The Hall–Kier alpha value is -4.12. The standard InChI is InChI=1S/C31H38FN3O6S/c1-6-41-27-14-16-29(17-15-27)42(38,39)35(26-12-10-25(32)11-13-26)21-30(36)34(23(4)31(37)33-19-22(2)3)20-24-8-7-9-28(18-24)40-5/h7-18,22-23H,6,19-21H2,1-5H3,(H,33,37)/t23-/m0/s1. The van der Waals surface area contributed by atoms with Gasteiger partial charge in [0.15, 0.2) is 0 Å². The lowest BCUT2D eigenvalue weighted by Crippen LogP contribution is -2.51. The minimum absolute atomic E-state index is 0.0205. The van der Waals surface area contributed by atoms with E-state index in [4.69, 9.17) is 9.47 Å². The predicted molar refractivity (Wildman–Crippen MR) is 159 cm³/mol. The van der Waals surface area contributed by atoms with Crippen LogP contribution in [0.15, 0.2) is 77.7 Å². The van der Waals surface area contributed by atoms with Crippen LogP contribution in [0.3, 0.4) is 0 Å². The summed E-state index contributed by atoms with van der Waals surface area (Å²) in [4.78, 5) is 28.3. The molecule has 0 aliphatic carbocycles. The van der Waals surface area contributed by atoms with Crippen molar-refractivity contribution in [1.29, 1.82) is 0 Å². The van der Waals surface area contributed by atoms with Crippen molar-refractivity contribution in [2.24, 2.45) is 5.92 Å². The number of carbonyl (C=O) groups is 2. The number of hydrogen-bond acceptors (Lipinski definition) is 6. The van der Waals surface area contributed by atoms with Gasteiger partial charge in [-0.3, -0.25) is 13.9 Å². The summed E-state index contributed by atoms with van der Waals surface area (Å²) in [6.45, 7) is 7.53. The van der Waals surface area contributed by atoms with Crippen molar-refractivity contribution in [3.05, 3.63) is 84.2 Å². The first-order valence-electron chi connectivity index (χ1n) is 13.7. The fourth-order valence-corrected chi connectivity index (χ4v) is 5.55. The van der Waals surface area contributed by atoms with E-state index in [9.17, 15) is 22.4 Å². The number of rotatable bonds is 14. The third-order valence-corrected chi connectivity index (χ3v) is 8.24. The summed E-state index contributed by atoms with van der Waals surface area (Å²) in [7, 11) is -2.77. The molecule has 0 aliphatic heterocycles. The molecule has 0 radical (unpaired) electrons. The number of methoxy groups -OCH3 is 1. The summed E-state index contributed by atoms with van der Waals surface area (Å²) < 4.78 is 53.2. The fourth-order valence-electron chi connectivity index (χ4n) is 4.14. The molecule has 0 bridgehead atoms. The number of carbonyl (C=O) groups excluding carboxylic acids is 2. The Morgan fingerprint density at radius 3 is 2.21 bits per heavy atom. The molecule has 11 heteroatoms. The van der Waals surface area contributed by atoms with Crippen molar-refractivity contribution in [2.45, 2.75) is 45.2 Å². The average molecular weight is 600 g/mol. The molecule has 2 amide bonds. The number of hydrogen-bond donors (Lipinski definition) is 1. The van der Waals surface area contributed by atoms with Gasteiger partial charge in [0, 0.05) is 13.1 Å². The topological polar surface area (TPSA) is 105 Å². The lowest BCUT2D eigenvalue weighted by molar-refractivity contribution is -0.139. The van der Waals surface area contributed by atoms with Crippen molar-refractivity contribution in [1.82, 2.24) is 10.2 Å². The molecule has 9 nitrogen and oxygen atoms in total. The van der Waals surface area contributed by atoms with E-state index in [2.05, 4.69) is 5.32 Å². The summed E-state index contributed by atoms with van der Waals surface area (Å²) in [6.07, 6.45) is 0. The molecule has 0 saturated heterocycles. The minimum Gasteiger partial charge on any atom is -0.497 e. The van der Waals surface area contributed by atoms with Gasteiger partial charge in [0.2, 0.25) is 11.8 Å². The maximum absolute atomic E-state index is 14.0. The molecule has 3 rings (SSSR count). The van der Waals surface area contributed by atoms with Crippen molar-refractivity contribution >= 4 is 27.5 Å². The van der Waals surface area contributed by atoms with Gasteiger partial charge < -0.3 is 19.7 Å². The second-order valence-electron chi connectivity index (χ2n) is 10.1. The van der Waals surface area contributed by atoms with Crippen LogP contribution in [0.4, 0.5) is 10.1 Å². The first-order chi connectivity index (χ1) is 20.0. The fraction of sp³-hybridized carbons (Fsp3) is 0.355. The second kappa shape index (κ2) is 14.7. The first kappa shape index (κ1) is 32.4. The maximum Gasteiger partial charge on any atom is 0.264 e. The highest BCUT2D eigenvalue weighted by Crippen LogP contribution is 2.26. The molecular weight excluding hydrogens is 561 g/mol. The molecule has 3 aromatic rings.